The van der Waals surface area contributed by atoms with Gasteiger partial charge in [0.05, 0.1) is 0 Å². The Morgan fingerprint density at radius 1 is 1.30 bits per heavy atom. The van der Waals surface area contributed by atoms with Gasteiger partial charge in [-0.3, -0.25) is 4.79 Å². The van der Waals surface area contributed by atoms with E-state index in [0.717, 1.165) is 5.69 Å². The number of benzene rings is 1. The maximum atomic E-state index is 12.3. The number of nitriles is 1. The second-order valence-corrected chi connectivity index (χ2v) is 5.07. The van der Waals surface area contributed by atoms with Crippen molar-refractivity contribution >= 4 is 35.1 Å². The summed E-state index contributed by atoms with van der Waals surface area (Å²) in [4.78, 5) is 12.3. The van der Waals surface area contributed by atoms with Crippen LogP contribution in [-0.4, -0.2) is 10.4 Å². The largest absolute Gasteiger partial charge is 0.351 e. The smallest absolute Gasteiger partial charge is 0.203 e. The predicted molar refractivity (Wildman–Crippen MR) is 79.8 cm³/mol. The summed E-state index contributed by atoms with van der Waals surface area (Å²) in [5.41, 5.74) is 1.10. The minimum absolute atomic E-state index is 0.0325. The third kappa shape index (κ3) is 3.11. The van der Waals surface area contributed by atoms with Crippen molar-refractivity contribution in [1.82, 2.24) is 4.57 Å². The van der Waals surface area contributed by atoms with Crippen LogP contribution in [-0.2, 0) is 7.05 Å². The van der Waals surface area contributed by atoms with E-state index in [-0.39, 0.29) is 5.57 Å². The highest BCUT2D eigenvalue weighted by molar-refractivity contribution is 6.35. The van der Waals surface area contributed by atoms with Crippen molar-refractivity contribution in [3.05, 3.63) is 63.4 Å². The molecule has 0 atom stereocenters. The van der Waals surface area contributed by atoms with E-state index in [0.29, 0.717) is 15.6 Å². The van der Waals surface area contributed by atoms with E-state index in [9.17, 15) is 10.1 Å². The van der Waals surface area contributed by atoms with Crippen LogP contribution in [0.4, 0.5) is 0 Å². The van der Waals surface area contributed by atoms with Gasteiger partial charge in [-0.2, -0.15) is 5.26 Å². The Balaban J connectivity index is 2.42. The Hall–Kier alpha value is -2.02. The van der Waals surface area contributed by atoms with Crippen molar-refractivity contribution in [3.63, 3.8) is 0 Å². The van der Waals surface area contributed by atoms with Crippen molar-refractivity contribution in [2.45, 2.75) is 0 Å². The normalized spacial score (nSPS) is 11.2. The summed E-state index contributed by atoms with van der Waals surface area (Å²) in [5, 5.41) is 9.89. The van der Waals surface area contributed by atoms with Crippen LogP contribution in [0.15, 0.2) is 42.1 Å². The van der Waals surface area contributed by atoms with Gasteiger partial charge in [0.15, 0.2) is 0 Å². The van der Waals surface area contributed by atoms with Gasteiger partial charge in [0.1, 0.15) is 11.6 Å². The number of nitrogens with zero attached hydrogens (tertiary/aromatic N) is 2. The molecule has 0 radical (unpaired) electrons. The Morgan fingerprint density at radius 2 is 1.95 bits per heavy atom. The predicted octanol–water partition coefficient (Wildman–Crippen LogP) is 4.12. The number of aromatic nitrogens is 1. The highest BCUT2D eigenvalue weighted by atomic mass is 35.5. The second kappa shape index (κ2) is 5.96. The first kappa shape index (κ1) is 14.4. The molecule has 0 amide bonds. The van der Waals surface area contributed by atoms with Gasteiger partial charge < -0.3 is 4.57 Å². The zero-order valence-electron chi connectivity index (χ0n) is 10.6. The van der Waals surface area contributed by atoms with Crippen LogP contribution in [0.2, 0.25) is 10.0 Å². The third-order valence-electron chi connectivity index (χ3n) is 2.77. The third-order valence-corrected chi connectivity index (χ3v) is 3.20. The van der Waals surface area contributed by atoms with E-state index in [1.54, 1.807) is 0 Å². The van der Waals surface area contributed by atoms with Gasteiger partial charge in [-0.05, 0) is 36.4 Å². The van der Waals surface area contributed by atoms with Gasteiger partial charge >= 0.3 is 0 Å². The molecule has 2 aromatic rings. The zero-order chi connectivity index (χ0) is 14.7. The number of halogens is 2. The Bertz CT molecular complexity index is 718. The van der Waals surface area contributed by atoms with Crippen LogP contribution >= 0.6 is 23.2 Å². The lowest BCUT2D eigenvalue weighted by Gasteiger charge is -2.02. The maximum Gasteiger partial charge on any atom is 0.203 e. The summed E-state index contributed by atoms with van der Waals surface area (Å²) < 4.78 is 1.82. The number of ketones is 1. The molecule has 0 fully saturated rings. The van der Waals surface area contributed by atoms with Crippen LogP contribution in [0, 0.1) is 11.3 Å². The minimum atomic E-state index is -0.405. The monoisotopic (exact) mass is 304 g/mol. The number of carbonyl (C=O) groups excluding carboxylic acids is 1. The first-order valence-corrected chi connectivity index (χ1v) is 6.51. The molecule has 0 N–H and O–H groups in total. The minimum Gasteiger partial charge on any atom is -0.351 e. The van der Waals surface area contributed by atoms with Crippen molar-refractivity contribution < 1.29 is 4.79 Å². The number of carbonyl (C=O) groups is 1. The lowest BCUT2D eigenvalue weighted by Crippen LogP contribution is -2.03. The van der Waals surface area contributed by atoms with Gasteiger partial charge in [-0.1, -0.05) is 23.2 Å². The van der Waals surface area contributed by atoms with E-state index in [2.05, 4.69) is 0 Å². The van der Waals surface area contributed by atoms with E-state index in [4.69, 9.17) is 23.2 Å². The van der Waals surface area contributed by atoms with Crippen LogP contribution in [0.3, 0.4) is 0 Å². The molecule has 1 aromatic heterocycles. The number of Topliss-reactive ketones (excluding diaryl/α,β-unsaturated/α-hetero) is 1. The molecule has 1 aromatic carbocycles. The summed E-state index contributed by atoms with van der Waals surface area (Å²) in [6.07, 6.45) is 3.37. The molecule has 0 bridgehead atoms. The lowest BCUT2D eigenvalue weighted by molar-refractivity contribution is 0.104. The summed E-state index contributed by atoms with van der Waals surface area (Å²) in [7, 11) is 1.83. The summed E-state index contributed by atoms with van der Waals surface area (Å²) in [6, 6.07) is 10.1. The highest BCUT2D eigenvalue weighted by Gasteiger charge is 2.14. The molecule has 0 unspecified atom stereocenters. The van der Waals surface area contributed by atoms with Gasteiger partial charge in [-0.15, -0.1) is 0 Å². The molecule has 3 nitrogen and oxygen atoms in total. The number of hydrogen-bond acceptors (Lipinski definition) is 2. The van der Waals surface area contributed by atoms with E-state index in [1.165, 1.54) is 24.3 Å². The van der Waals surface area contributed by atoms with Crippen LogP contribution in [0.1, 0.15) is 16.1 Å². The molecule has 0 saturated heterocycles. The fourth-order valence-electron chi connectivity index (χ4n) is 1.76. The van der Waals surface area contributed by atoms with Gasteiger partial charge in [0.2, 0.25) is 5.78 Å². The zero-order valence-corrected chi connectivity index (χ0v) is 12.1. The summed E-state index contributed by atoms with van der Waals surface area (Å²) in [6.45, 7) is 0. The van der Waals surface area contributed by atoms with E-state index in [1.807, 2.05) is 36.0 Å². The van der Waals surface area contributed by atoms with Gasteiger partial charge in [0, 0.05) is 34.5 Å². The molecule has 0 aliphatic heterocycles. The van der Waals surface area contributed by atoms with Gasteiger partial charge in [-0.25, -0.2) is 0 Å². The van der Waals surface area contributed by atoms with E-state index < -0.39 is 5.78 Å². The molecule has 0 saturated carbocycles. The molecule has 1 heterocycles. The molecule has 0 aliphatic rings. The highest BCUT2D eigenvalue weighted by Crippen LogP contribution is 2.21. The van der Waals surface area contributed by atoms with E-state index >= 15 is 0 Å². The lowest BCUT2D eigenvalue weighted by atomic mass is 10.0. The van der Waals surface area contributed by atoms with Gasteiger partial charge in [0.25, 0.3) is 0 Å². The van der Waals surface area contributed by atoms with Crippen LogP contribution in [0.25, 0.3) is 6.08 Å². The standard InChI is InChI=1S/C15H10Cl2N2O/c1-19-4-2-3-14(19)7-11(9-18)15(20)10-5-12(16)8-13(17)6-10/h2-8H,1H3/b11-7+. The summed E-state index contributed by atoms with van der Waals surface area (Å²) >= 11 is 11.7. The van der Waals surface area contributed by atoms with Crippen LogP contribution in [0.5, 0.6) is 0 Å². The molecule has 2 rings (SSSR count). The number of aryl methyl sites for hydroxylation is 1. The SMILES string of the molecule is Cn1cccc1/C=C(\C#N)C(=O)c1cc(Cl)cc(Cl)c1. The number of allylic oxidation sites excluding steroid dienone is 1. The average Bonchev–Trinajstić information content (AvgIpc) is 2.79. The first-order chi connectivity index (χ1) is 9.51. The second-order valence-electron chi connectivity index (χ2n) is 4.20. The van der Waals surface area contributed by atoms with Crippen molar-refractivity contribution in [1.29, 1.82) is 5.26 Å². The molecule has 100 valence electrons. The number of hydrogen-bond donors (Lipinski definition) is 0. The fourth-order valence-corrected chi connectivity index (χ4v) is 2.29. The molecular weight excluding hydrogens is 295 g/mol. The molecular formula is C15H10Cl2N2O. The first-order valence-electron chi connectivity index (χ1n) is 5.75. The Morgan fingerprint density at radius 3 is 2.45 bits per heavy atom. The molecule has 0 spiro atoms. The quantitative estimate of drug-likeness (QED) is 0.486. The molecule has 0 aliphatic carbocycles. The topological polar surface area (TPSA) is 45.8 Å². The molecule has 5 heteroatoms. The maximum absolute atomic E-state index is 12.3. The van der Waals surface area contributed by atoms with Crippen molar-refractivity contribution in [3.8, 4) is 6.07 Å². The van der Waals surface area contributed by atoms with Crippen molar-refractivity contribution in [2.24, 2.45) is 7.05 Å². The summed E-state index contributed by atoms with van der Waals surface area (Å²) in [5.74, 6) is -0.405. The van der Waals surface area contributed by atoms with Crippen molar-refractivity contribution in [2.75, 3.05) is 0 Å². The Labute approximate surface area is 126 Å². The Kier molecular flexibility index (Phi) is 4.29. The average molecular weight is 305 g/mol. The molecule has 20 heavy (non-hydrogen) atoms. The van der Waals surface area contributed by atoms with Crippen LogP contribution < -0.4 is 0 Å². The number of rotatable bonds is 3. The fraction of sp³-hybridized carbons (Fsp3) is 0.0667.